The fourth-order valence-corrected chi connectivity index (χ4v) is 3.28. The summed E-state index contributed by atoms with van der Waals surface area (Å²) >= 11 is 6.12. The lowest BCUT2D eigenvalue weighted by molar-refractivity contribution is 0.119. The Morgan fingerprint density at radius 2 is 2.00 bits per heavy atom. The zero-order valence-corrected chi connectivity index (χ0v) is 15.2. The second-order valence-corrected chi connectivity index (χ2v) is 6.61. The van der Waals surface area contributed by atoms with Gasteiger partial charge in [0.2, 0.25) is 0 Å². The Morgan fingerprint density at radius 3 is 2.65 bits per heavy atom. The van der Waals surface area contributed by atoms with Gasteiger partial charge in [-0.25, -0.2) is 13.5 Å². The molecular formula is C17H20ClF2N5O. The van der Waals surface area contributed by atoms with Gasteiger partial charge < -0.3 is 4.90 Å². The van der Waals surface area contributed by atoms with Crippen LogP contribution in [-0.4, -0.2) is 52.3 Å². The van der Waals surface area contributed by atoms with Crippen molar-refractivity contribution in [2.24, 2.45) is 0 Å². The average Bonchev–Trinajstić information content (AvgIpc) is 2.62. The van der Waals surface area contributed by atoms with E-state index in [-0.39, 0.29) is 5.02 Å². The molecule has 1 aliphatic heterocycles. The van der Waals surface area contributed by atoms with Crippen LogP contribution in [0.2, 0.25) is 5.02 Å². The largest absolute Gasteiger partial charge is 0.366 e. The second kappa shape index (κ2) is 8.09. The average molecular weight is 384 g/mol. The number of rotatable bonds is 5. The predicted octanol–water partition coefficient (Wildman–Crippen LogP) is 2.19. The van der Waals surface area contributed by atoms with E-state index >= 15 is 0 Å². The minimum Gasteiger partial charge on any atom is -0.366 e. The van der Waals surface area contributed by atoms with E-state index in [1.165, 1.54) is 11.8 Å². The number of nitrogens with zero attached hydrogens (tertiary/aromatic N) is 5. The number of aromatic nitrogens is 3. The van der Waals surface area contributed by atoms with Gasteiger partial charge in [0.05, 0.1) is 11.9 Å². The van der Waals surface area contributed by atoms with Crippen molar-refractivity contribution in [3.8, 4) is 0 Å². The van der Waals surface area contributed by atoms with Crippen LogP contribution in [0.3, 0.4) is 0 Å². The summed E-state index contributed by atoms with van der Waals surface area (Å²) in [5.41, 5.74) is 2.03. The molecule has 1 fully saturated rings. The molecule has 0 aliphatic carbocycles. The van der Waals surface area contributed by atoms with Crippen molar-refractivity contribution in [2.45, 2.75) is 26.4 Å². The summed E-state index contributed by atoms with van der Waals surface area (Å²) in [6, 6.07) is 4.00. The maximum absolute atomic E-state index is 12.5. The zero-order chi connectivity index (χ0) is 18.7. The molecule has 1 saturated heterocycles. The van der Waals surface area contributed by atoms with E-state index in [9.17, 15) is 13.6 Å². The lowest BCUT2D eigenvalue weighted by Crippen LogP contribution is -2.46. The Bertz CT molecular complexity index is 821. The summed E-state index contributed by atoms with van der Waals surface area (Å²) in [7, 11) is 0. The first-order chi connectivity index (χ1) is 12.5. The molecule has 0 amide bonds. The van der Waals surface area contributed by atoms with Crippen molar-refractivity contribution >= 4 is 17.3 Å². The van der Waals surface area contributed by atoms with E-state index in [1.54, 1.807) is 6.20 Å². The Kier molecular flexibility index (Phi) is 5.83. The lowest BCUT2D eigenvalue weighted by atomic mass is 10.2. The van der Waals surface area contributed by atoms with Gasteiger partial charge in [0.1, 0.15) is 11.6 Å². The molecule has 0 saturated carbocycles. The van der Waals surface area contributed by atoms with Gasteiger partial charge in [-0.15, -0.1) is 0 Å². The van der Waals surface area contributed by atoms with Crippen LogP contribution in [0.25, 0.3) is 0 Å². The maximum Gasteiger partial charge on any atom is 0.287 e. The number of halogens is 3. The standard InChI is InChI=1S/C17H20ClF2N5O/c1-12-13(3-2-4-21-12)10-23-5-7-24(8-6-23)14-9-22-25(11-15(19)20)17(26)16(14)18/h2-4,9,15H,5-8,10-11H2,1H3. The van der Waals surface area contributed by atoms with E-state index in [0.717, 1.165) is 25.3 Å². The molecule has 0 spiro atoms. The second-order valence-electron chi connectivity index (χ2n) is 6.23. The quantitative estimate of drug-likeness (QED) is 0.792. The normalized spacial score (nSPS) is 15.7. The van der Waals surface area contributed by atoms with Gasteiger partial charge in [-0.2, -0.15) is 5.10 Å². The fourth-order valence-electron chi connectivity index (χ4n) is 3.01. The van der Waals surface area contributed by atoms with Crippen LogP contribution < -0.4 is 10.5 Å². The Hall–Kier alpha value is -2.06. The fraction of sp³-hybridized carbons (Fsp3) is 0.471. The number of hydrogen-bond acceptors (Lipinski definition) is 5. The van der Waals surface area contributed by atoms with Crippen LogP contribution in [0.5, 0.6) is 0 Å². The minimum atomic E-state index is -2.65. The molecule has 0 N–H and O–H groups in total. The smallest absolute Gasteiger partial charge is 0.287 e. The van der Waals surface area contributed by atoms with Crippen molar-refractivity contribution in [3.63, 3.8) is 0 Å². The molecule has 1 aliphatic rings. The molecule has 3 heterocycles. The molecule has 0 radical (unpaired) electrons. The maximum atomic E-state index is 12.5. The first-order valence-electron chi connectivity index (χ1n) is 8.37. The molecule has 26 heavy (non-hydrogen) atoms. The van der Waals surface area contributed by atoms with Gasteiger partial charge in [0.15, 0.2) is 0 Å². The highest BCUT2D eigenvalue weighted by atomic mass is 35.5. The summed E-state index contributed by atoms with van der Waals surface area (Å²) in [5.74, 6) is 0. The molecular weight excluding hydrogens is 364 g/mol. The van der Waals surface area contributed by atoms with Crippen LogP contribution in [0.4, 0.5) is 14.5 Å². The third kappa shape index (κ3) is 4.19. The van der Waals surface area contributed by atoms with Gasteiger partial charge in [-0.05, 0) is 18.6 Å². The number of anilines is 1. The Morgan fingerprint density at radius 1 is 1.27 bits per heavy atom. The monoisotopic (exact) mass is 383 g/mol. The first-order valence-corrected chi connectivity index (χ1v) is 8.75. The molecule has 3 rings (SSSR count). The molecule has 6 nitrogen and oxygen atoms in total. The van der Waals surface area contributed by atoms with Crippen molar-refractivity contribution in [3.05, 3.63) is 51.2 Å². The van der Waals surface area contributed by atoms with Gasteiger partial charge in [0.25, 0.3) is 12.0 Å². The lowest BCUT2D eigenvalue weighted by Gasteiger charge is -2.36. The zero-order valence-electron chi connectivity index (χ0n) is 14.4. The number of alkyl halides is 2. The number of pyridine rings is 1. The highest BCUT2D eigenvalue weighted by Gasteiger charge is 2.22. The van der Waals surface area contributed by atoms with Crippen LogP contribution in [0, 0.1) is 6.92 Å². The molecule has 140 valence electrons. The Labute approximate surface area is 155 Å². The van der Waals surface area contributed by atoms with E-state index in [1.807, 2.05) is 17.9 Å². The van der Waals surface area contributed by atoms with Crippen LogP contribution in [0.15, 0.2) is 29.3 Å². The van der Waals surface area contributed by atoms with E-state index in [2.05, 4.69) is 21.0 Å². The molecule has 0 aromatic carbocycles. The highest BCUT2D eigenvalue weighted by Crippen LogP contribution is 2.23. The molecule has 2 aromatic rings. The van der Waals surface area contributed by atoms with Crippen LogP contribution in [-0.2, 0) is 13.1 Å². The summed E-state index contributed by atoms with van der Waals surface area (Å²) in [6.07, 6.45) is 0.524. The van der Waals surface area contributed by atoms with Gasteiger partial charge in [-0.1, -0.05) is 17.7 Å². The summed E-state index contributed by atoms with van der Waals surface area (Å²) in [4.78, 5) is 20.7. The number of hydrogen-bond donors (Lipinski definition) is 0. The van der Waals surface area contributed by atoms with Crippen molar-refractivity contribution in [2.75, 3.05) is 31.1 Å². The number of piperazine rings is 1. The highest BCUT2D eigenvalue weighted by molar-refractivity contribution is 6.33. The van der Waals surface area contributed by atoms with Crippen LogP contribution in [0.1, 0.15) is 11.3 Å². The third-order valence-electron chi connectivity index (χ3n) is 4.50. The topological polar surface area (TPSA) is 54.3 Å². The third-order valence-corrected chi connectivity index (χ3v) is 4.86. The van der Waals surface area contributed by atoms with E-state index < -0.39 is 18.5 Å². The SMILES string of the molecule is Cc1ncccc1CN1CCN(c2cnn(CC(F)F)c(=O)c2Cl)CC1. The van der Waals surface area contributed by atoms with Gasteiger partial charge in [-0.3, -0.25) is 14.7 Å². The van der Waals surface area contributed by atoms with Crippen LogP contribution >= 0.6 is 11.6 Å². The van der Waals surface area contributed by atoms with Crippen molar-refractivity contribution in [1.29, 1.82) is 0 Å². The molecule has 0 bridgehead atoms. The van der Waals surface area contributed by atoms with Crippen molar-refractivity contribution in [1.82, 2.24) is 19.7 Å². The molecule has 2 aromatic heterocycles. The summed E-state index contributed by atoms with van der Waals surface area (Å²) in [6.45, 7) is 5.01. The van der Waals surface area contributed by atoms with E-state index in [0.29, 0.717) is 23.5 Å². The predicted molar refractivity (Wildman–Crippen MR) is 96.0 cm³/mol. The molecule has 0 atom stereocenters. The van der Waals surface area contributed by atoms with Gasteiger partial charge in [0, 0.05) is 44.6 Å². The Balaban J connectivity index is 1.66. The minimum absolute atomic E-state index is 0.0581. The van der Waals surface area contributed by atoms with E-state index in [4.69, 9.17) is 11.6 Å². The molecule has 0 unspecified atom stereocenters. The van der Waals surface area contributed by atoms with Gasteiger partial charge >= 0.3 is 0 Å². The molecule has 9 heteroatoms. The summed E-state index contributed by atoms with van der Waals surface area (Å²) in [5, 5.41) is 3.77. The summed E-state index contributed by atoms with van der Waals surface area (Å²) < 4.78 is 25.7. The van der Waals surface area contributed by atoms with Crippen molar-refractivity contribution < 1.29 is 8.78 Å². The number of aryl methyl sites for hydroxylation is 1. The first kappa shape index (κ1) is 18.7.